The average Bonchev–Trinajstić information content (AvgIpc) is 3.35. The van der Waals surface area contributed by atoms with Crippen LogP contribution in [-0.2, 0) is 26.0 Å². The molecule has 1 aromatic carbocycles. The van der Waals surface area contributed by atoms with E-state index in [1.54, 1.807) is 30.9 Å². The molecule has 2 aliphatic heterocycles. The van der Waals surface area contributed by atoms with Gasteiger partial charge in [0, 0.05) is 25.3 Å². The van der Waals surface area contributed by atoms with Gasteiger partial charge in [-0.3, -0.25) is 14.5 Å². The van der Waals surface area contributed by atoms with Gasteiger partial charge < -0.3 is 10.2 Å². The number of fused-ring (bicyclic) bond motifs is 1. The van der Waals surface area contributed by atoms with E-state index in [9.17, 15) is 22.8 Å². The maximum atomic E-state index is 13.2. The molecule has 1 saturated heterocycles. The number of hydrogen-bond donors (Lipinski definition) is 1. The fraction of sp³-hybridized carbons (Fsp3) is 0.625. The second-order valence-corrected chi connectivity index (χ2v) is 11.4. The van der Waals surface area contributed by atoms with E-state index in [1.807, 2.05) is 0 Å². The van der Waals surface area contributed by atoms with E-state index in [2.05, 4.69) is 12.2 Å². The number of hydrogen-bond acceptors (Lipinski definition) is 5. The fourth-order valence-corrected chi connectivity index (χ4v) is 6.98. The molecule has 0 atom stereocenters. The van der Waals surface area contributed by atoms with Crippen LogP contribution >= 0.6 is 0 Å². The van der Waals surface area contributed by atoms with Crippen LogP contribution in [0.5, 0.6) is 0 Å². The lowest BCUT2D eigenvalue weighted by Crippen LogP contribution is -2.50. The van der Waals surface area contributed by atoms with Gasteiger partial charge in [-0.05, 0) is 61.8 Å². The Morgan fingerprint density at radius 3 is 2.44 bits per heavy atom. The van der Waals surface area contributed by atoms with Gasteiger partial charge in [0.1, 0.15) is 12.1 Å². The maximum Gasteiger partial charge on any atom is 0.325 e. The van der Waals surface area contributed by atoms with Crippen molar-refractivity contribution in [1.29, 1.82) is 0 Å². The van der Waals surface area contributed by atoms with Crippen molar-refractivity contribution in [2.45, 2.75) is 69.7 Å². The van der Waals surface area contributed by atoms with Crippen LogP contribution in [0.3, 0.4) is 0 Å². The lowest BCUT2D eigenvalue weighted by Gasteiger charge is -2.34. The molecule has 1 spiro atoms. The van der Waals surface area contributed by atoms with Crippen molar-refractivity contribution < 1.29 is 22.8 Å². The molecule has 0 unspecified atom stereocenters. The van der Waals surface area contributed by atoms with Crippen LogP contribution < -0.4 is 10.2 Å². The number of nitrogens with one attached hydrogen (secondary N) is 1. The summed E-state index contributed by atoms with van der Waals surface area (Å²) in [6.07, 6.45) is 4.58. The van der Waals surface area contributed by atoms with E-state index in [0.29, 0.717) is 50.5 Å². The number of carbonyl (C=O) groups excluding carboxylic acids is 3. The third kappa shape index (κ3) is 4.11. The Kier molecular flexibility index (Phi) is 6.74. The molecule has 4 rings (SSSR count). The molecule has 3 aliphatic rings. The summed E-state index contributed by atoms with van der Waals surface area (Å²) in [6, 6.07) is 4.29. The Labute approximate surface area is 201 Å². The van der Waals surface area contributed by atoms with Crippen molar-refractivity contribution in [3.8, 4) is 0 Å². The number of urea groups is 1. The molecule has 0 bridgehead atoms. The van der Waals surface area contributed by atoms with Crippen molar-refractivity contribution in [2.75, 3.05) is 31.1 Å². The Hall–Kier alpha value is -2.46. The topological polar surface area (TPSA) is 107 Å². The summed E-state index contributed by atoms with van der Waals surface area (Å²) in [5, 5.41) is 2.87. The minimum atomic E-state index is -3.59. The molecular formula is C24H34N4O5S. The van der Waals surface area contributed by atoms with Gasteiger partial charge in [0.05, 0.1) is 4.90 Å². The number of anilines is 1. The molecule has 0 aromatic heterocycles. The third-order valence-corrected chi connectivity index (χ3v) is 9.71. The fourth-order valence-electron chi connectivity index (χ4n) is 5.47. The maximum absolute atomic E-state index is 13.2. The Morgan fingerprint density at radius 1 is 1.15 bits per heavy atom. The normalized spacial score (nSPS) is 24.8. The molecule has 34 heavy (non-hydrogen) atoms. The van der Waals surface area contributed by atoms with Gasteiger partial charge in [0.15, 0.2) is 0 Å². The van der Waals surface area contributed by atoms with Crippen LogP contribution in [0, 0.1) is 5.92 Å². The van der Waals surface area contributed by atoms with E-state index in [1.165, 1.54) is 10.4 Å². The minimum Gasteiger partial charge on any atom is -0.323 e. The summed E-state index contributed by atoms with van der Waals surface area (Å²) >= 11 is 0. The standard InChI is InChI=1S/C24H34N4O5S/c1-4-17-9-12-24(13-10-17)22(30)28(23(31)25-24)16-21(29)27-14-11-18-15-19(7-8-20(18)27)34(32,33)26(5-2)6-3/h7-8,15,17H,4-6,9-14,16H2,1-3H3,(H,25,31). The van der Waals surface area contributed by atoms with Crippen molar-refractivity contribution in [1.82, 2.24) is 14.5 Å². The zero-order valence-corrected chi connectivity index (χ0v) is 21.0. The van der Waals surface area contributed by atoms with Gasteiger partial charge >= 0.3 is 6.03 Å². The zero-order chi connectivity index (χ0) is 24.7. The molecule has 1 saturated carbocycles. The van der Waals surface area contributed by atoms with E-state index in [-0.39, 0.29) is 23.3 Å². The highest BCUT2D eigenvalue weighted by molar-refractivity contribution is 7.89. The number of carbonyl (C=O) groups is 3. The number of rotatable bonds is 7. The highest BCUT2D eigenvalue weighted by Gasteiger charge is 2.52. The lowest BCUT2D eigenvalue weighted by molar-refractivity contribution is -0.135. The summed E-state index contributed by atoms with van der Waals surface area (Å²) in [4.78, 5) is 41.7. The SMILES string of the molecule is CCC1CCC2(CC1)NC(=O)N(CC(=O)N1CCc3cc(S(=O)(=O)N(CC)CC)ccc31)C2=O. The summed E-state index contributed by atoms with van der Waals surface area (Å²) in [6.45, 7) is 6.56. The number of imide groups is 1. The minimum absolute atomic E-state index is 0.211. The number of amides is 4. The first kappa shape index (κ1) is 24.7. The predicted molar refractivity (Wildman–Crippen MR) is 128 cm³/mol. The molecule has 2 fully saturated rings. The number of sulfonamides is 1. The summed E-state index contributed by atoms with van der Waals surface area (Å²) in [5.41, 5.74) is 0.529. The van der Waals surface area contributed by atoms with Crippen molar-refractivity contribution >= 4 is 33.6 Å². The first-order valence-electron chi connectivity index (χ1n) is 12.2. The van der Waals surface area contributed by atoms with Gasteiger partial charge in [-0.25, -0.2) is 13.2 Å². The molecule has 1 N–H and O–H groups in total. The molecule has 4 amide bonds. The van der Waals surface area contributed by atoms with E-state index in [4.69, 9.17) is 0 Å². The van der Waals surface area contributed by atoms with E-state index < -0.39 is 21.6 Å². The second-order valence-electron chi connectivity index (χ2n) is 9.43. The Balaban J connectivity index is 1.48. The number of nitrogens with zero attached hydrogens (tertiary/aromatic N) is 3. The first-order chi connectivity index (χ1) is 16.2. The summed E-state index contributed by atoms with van der Waals surface area (Å²) in [7, 11) is -3.59. The molecule has 9 nitrogen and oxygen atoms in total. The van der Waals surface area contributed by atoms with Crippen molar-refractivity contribution in [3.05, 3.63) is 23.8 Å². The van der Waals surface area contributed by atoms with Gasteiger partial charge in [-0.1, -0.05) is 27.2 Å². The lowest BCUT2D eigenvalue weighted by atomic mass is 9.75. The largest absolute Gasteiger partial charge is 0.325 e. The Bertz CT molecular complexity index is 1090. The van der Waals surface area contributed by atoms with Crippen LogP contribution in [0.1, 0.15) is 58.4 Å². The highest BCUT2D eigenvalue weighted by Crippen LogP contribution is 2.38. The van der Waals surface area contributed by atoms with Crippen LogP contribution in [0.4, 0.5) is 10.5 Å². The summed E-state index contributed by atoms with van der Waals surface area (Å²) < 4.78 is 27.1. The first-order valence-corrected chi connectivity index (χ1v) is 13.7. The van der Waals surface area contributed by atoms with Gasteiger partial charge in [-0.15, -0.1) is 0 Å². The monoisotopic (exact) mass is 490 g/mol. The smallest absolute Gasteiger partial charge is 0.323 e. The molecule has 0 radical (unpaired) electrons. The predicted octanol–water partition coefficient (Wildman–Crippen LogP) is 2.50. The number of benzene rings is 1. The highest BCUT2D eigenvalue weighted by atomic mass is 32.2. The molecule has 186 valence electrons. The third-order valence-electron chi connectivity index (χ3n) is 7.67. The van der Waals surface area contributed by atoms with Crippen LogP contribution in [0.2, 0.25) is 0 Å². The molecule has 10 heteroatoms. The molecule has 1 aliphatic carbocycles. The van der Waals surface area contributed by atoms with Crippen molar-refractivity contribution in [3.63, 3.8) is 0 Å². The quantitative estimate of drug-likeness (QED) is 0.591. The van der Waals surface area contributed by atoms with Gasteiger partial charge in [0.25, 0.3) is 5.91 Å². The molecule has 2 heterocycles. The van der Waals surface area contributed by atoms with Crippen molar-refractivity contribution in [2.24, 2.45) is 5.92 Å². The van der Waals surface area contributed by atoms with Crippen LogP contribution in [0.15, 0.2) is 23.1 Å². The molecule has 1 aromatic rings. The Morgan fingerprint density at radius 2 is 1.82 bits per heavy atom. The zero-order valence-electron chi connectivity index (χ0n) is 20.2. The van der Waals surface area contributed by atoms with Crippen LogP contribution in [0.25, 0.3) is 0 Å². The summed E-state index contributed by atoms with van der Waals surface area (Å²) in [5.74, 6) is -0.0797. The second kappa shape index (κ2) is 9.30. The van der Waals surface area contributed by atoms with Gasteiger partial charge in [-0.2, -0.15) is 4.31 Å². The average molecular weight is 491 g/mol. The van der Waals surface area contributed by atoms with Gasteiger partial charge in [0.2, 0.25) is 15.9 Å². The van der Waals surface area contributed by atoms with E-state index in [0.717, 1.165) is 29.7 Å². The van der Waals surface area contributed by atoms with Crippen LogP contribution in [-0.4, -0.2) is 67.2 Å². The molecular weight excluding hydrogens is 456 g/mol. The van der Waals surface area contributed by atoms with E-state index >= 15 is 0 Å².